The predicted molar refractivity (Wildman–Crippen MR) is 70.8 cm³/mol. The van der Waals surface area contributed by atoms with Crippen molar-refractivity contribution in [3.05, 3.63) is 34.3 Å². The van der Waals surface area contributed by atoms with E-state index in [0.29, 0.717) is 5.70 Å². The highest BCUT2D eigenvalue weighted by Gasteiger charge is 2.22. The first kappa shape index (κ1) is 13.1. The van der Waals surface area contributed by atoms with Crippen LogP contribution in [0.25, 0.3) is 5.70 Å². The van der Waals surface area contributed by atoms with Crippen LogP contribution in [0.2, 0.25) is 0 Å². The maximum Gasteiger partial charge on any atom is 0.315 e. The molecule has 2 N–H and O–H groups in total. The normalized spacial score (nSPS) is 9.94. The van der Waals surface area contributed by atoms with Crippen LogP contribution in [0.5, 0.6) is 0 Å². The third kappa shape index (κ3) is 3.02. The van der Waals surface area contributed by atoms with Crippen molar-refractivity contribution >= 4 is 35.1 Å². The van der Waals surface area contributed by atoms with Crippen molar-refractivity contribution in [2.45, 2.75) is 6.92 Å². The second-order valence-corrected chi connectivity index (χ2v) is 5.09. The maximum atomic E-state index is 11.5. The fraction of sp³-hybridized carbons (Fsp3) is 0.273. The van der Waals surface area contributed by atoms with E-state index in [1.807, 2.05) is 44.0 Å². The molecule has 5 heteroatoms. The molecule has 0 spiro atoms. The first-order valence-corrected chi connectivity index (χ1v) is 7.15. The van der Waals surface area contributed by atoms with Crippen LogP contribution in [-0.2, 0) is 4.79 Å². The molecular formula is C11H15N2OS2+. The number of aromatic nitrogens is 1. The fourth-order valence-electron chi connectivity index (χ4n) is 1.34. The van der Waals surface area contributed by atoms with E-state index >= 15 is 0 Å². The number of pyridine rings is 1. The van der Waals surface area contributed by atoms with Crippen molar-refractivity contribution < 1.29 is 9.36 Å². The van der Waals surface area contributed by atoms with Crippen LogP contribution < -0.4 is 10.3 Å². The molecule has 0 aliphatic rings. The smallest absolute Gasteiger partial charge is 0.315 e. The van der Waals surface area contributed by atoms with Gasteiger partial charge < -0.3 is 5.73 Å². The van der Waals surface area contributed by atoms with E-state index in [1.165, 1.54) is 23.5 Å². The standard InChI is InChI=1S/C11H14N2OS2/c1-8-5-4-6-13(7-8)9(10(12)14)11(15-2)16-3/h4-7H,1-3H3,(H-,12,14)/p+1. The van der Waals surface area contributed by atoms with Crippen molar-refractivity contribution in [3.8, 4) is 0 Å². The van der Waals surface area contributed by atoms with Gasteiger partial charge in [0.15, 0.2) is 12.4 Å². The van der Waals surface area contributed by atoms with Crippen molar-refractivity contribution in [1.82, 2.24) is 0 Å². The Bertz CT molecular complexity index is 424. The van der Waals surface area contributed by atoms with Gasteiger partial charge in [0.2, 0.25) is 0 Å². The molecule has 0 fully saturated rings. The van der Waals surface area contributed by atoms with Crippen molar-refractivity contribution in [2.24, 2.45) is 5.73 Å². The van der Waals surface area contributed by atoms with E-state index in [1.54, 1.807) is 4.57 Å². The first-order chi connectivity index (χ1) is 7.60. The molecule has 1 aromatic rings. The van der Waals surface area contributed by atoms with Crippen LogP contribution in [0.15, 0.2) is 28.8 Å². The van der Waals surface area contributed by atoms with Gasteiger partial charge in [0.25, 0.3) is 5.70 Å². The van der Waals surface area contributed by atoms with Gasteiger partial charge in [-0.05, 0) is 25.5 Å². The molecule has 86 valence electrons. The number of nitrogens with two attached hydrogens (primary N) is 1. The van der Waals surface area contributed by atoms with Crippen LogP contribution in [0.3, 0.4) is 0 Å². The van der Waals surface area contributed by atoms with Gasteiger partial charge in [-0.25, -0.2) is 0 Å². The van der Waals surface area contributed by atoms with E-state index in [4.69, 9.17) is 5.73 Å². The summed E-state index contributed by atoms with van der Waals surface area (Å²) in [7, 11) is 0. The lowest BCUT2D eigenvalue weighted by Gasteiger charge is -2.03. The highest BCUT2D eigenvalue weighted by molar-refractivity contribution is 8.21. The molecule has 0 unspecified atom stereocenters. The number of carbonyl (C=O) groups excluding carboxylic acids is 1. The summed E-state index contributed by atoms with van der Waals surface area (Å²) < 4.78 is 2.70. The van der Waals surface area contributed by atoms with Gasteiger partial charge in [0.1, 0.15) is 4.24 Å². The average molecular weight is 255 g/mol. The quantitative estimate of drug-likeness (QED) is 0.657. The van der Waals surface area contributed by atoms with E-state index in [2.05, 4.69) is 0 Å². The van der Waals surface area contributed by atoms with E-state index < -0.39 is 5.91 Å². The summed E-state index contributed by atoms with van der Waals surface area (Å²) in [5, 5.41) is 0. The third-order valence-corrected chi connectivity index (χ3v) is 4.13. The Labute approximate surface area is 104 Å². The second kappa shape index (κ2) is 5.96. The number of thioether (sulfide) groups is 2. The minimum Gasteiger partial charge on any atom is -0.360 e. The van der Waals surface area contributed by atoms with E-state index in [0.717, 1.165) is 9.80 Å². The SMILES string of the molecule is CSC(SC)=C(C(N)=O)[n+]1cccc(C)c1. The maximum absolute atomic E-state index is 11.5. The zero-order valence-electron chi connectivity index (χ0n) is 9.56. The van der Waals surface area contributed by atoms with Crippen LogP contribution in [0.4, 0.5) is 0 Å². The summed E-state index contributed by atoms with van der Waals surface area (Å²) >= 11 is 3.06. The molecule has 1 rings (SSSR count). The molecule has 3 nitrogen and oxygen atoms in total. The highest BCUT2D eigenvalue weighted by Crippen LogP contribution is 2.27. The summed E-state index contributed by atoms with van der Waals surface area (Å²) in [5.41, 5.74) is 7.04. The van der Waals surface area contributed by atoms with Gasteiger partial charge >= 0.3 is 5.91 Å². The van der Waals surface area contributed by atoms with E-state index in [-0.39, 0.29) is 0 Å². The molecule has 0 aromatic carbocycles. The van der Waals surface area contributed by atoms with Crippen LogP contribution in [0.1, 0.15) is 5.56 Å². The minimum atomic E-state index is -0.408. The third-order valence-electron chi connectivity index (χ3n) is 2.00. The molecule has 0 saturated carbocycles. The molecule has 16 heavy (non-hydrogen) atoms. The van der Waals surface area contributed by atoms with Crippen molar-refractivity contribution in [2.75, 3.05) is 12.5 Å². The monoisotopic (exact) mass is 255 g/mol. The van der Waals surface area contributed by atoms with E-state index in [9.17, 15) is 4.79 Å². The minimum absolute atomic E-state index is 0.408. The molecule has 1 heterocycles. The Balaban J connectivity index is 3.33. The number of nitrogens with zero attached hydrogens (tertiary/aromatic N) is 1. The number of carbonyl (C=O) groups is 1. The molecule has 0 radical (unpaired) electrons. The van der Waals surface area contributed by atoms with Gasteiger partial charge in [0.05, 0.1) is 0 Å². The lowest BCUT2D eigenvalue weighted by atomic mass is 10.3. The molecule has 0 aliphatic carbocycles. The molecule has 0 bridgehead atoms. The Morgan fingerprint density at radius 2 is 2.00 bits per heavy atom. The predicted octanol–water partition coefficient (Wildman–Crippen LogP) is 1.62. The molecular weight excluding hydrogens is 240 g/mol. The molecule has 0 aliphatic heterocycles. The number of rotatable bonds is 4. The van der Waals surface area contributed by atoms with Crippen LogP contribution in [0, 0.1) is 6.92 Å². The summed E-state index contributed by atoms with van der Waals surface area (Å²) in [6.45, 7) is 1.98. The molecule has 0 atom stereocenters. The average Bonchev–Trinajstić information content (AvgIpc) is 2.24. The first-order valence-electron chi connectivity index (χ1n) is 4.70. The summed E-state index contributed by atoms with van der Waals surface area (Å²) in [6, 6.07) is 3.88. The summed E-state index contributed by atoms with van der Waals surface area (Å²) in [5.74, 6) is -0.408. The number of amides is 1. The molecule has 0 saturated heterocycles. The zero-order valence-corrected chi connectivity index (χ0v) is 11.2. The number of hydrogen-bond donors (Lipinski definition) is 1. The highest BCUT2D eigenvalue weighted by atomic mass is 32.2. The Hall–Kier alpha value is -0.940. The topological polar surface area (TPSA) is 47.0 Å². The lowest BCUT2D eigenvalue weighted by Crippen LogP contribution is -2.39. The van der Waals surface area contributed by atoms with Gasteiger partial charge in [-0.2, -0.15) is 4.57 Å². The Morgan fingerprint density at radius 3 is 2.44 bits per heavy atom. The van der Waals surface area contributed by atoms with Gasteiger partial charge in [-0.1, -0.05) is 0 Å². The largest absolute Gasteiger partial charge is 0.360 e. The van der Waals surface area contributed by atoms with Gasteiger partial charge in [-0.3, -0.25) is 4.79 Å². The number of primary amides is 1. The zero-order chi connectivity index (χ0) is 12.1. The Kier molecular flexibility index (Phi) is 4.89. The molecule has 1 aromatic heterocycles. The van der Waals surface area contributed by atoms with Crippen LogP contribution >= 0.6 is 23.5 Å². The van der Waals surface area contributed by atoms with Crippen molar-refractivity contribution in [1.29, 1.82) is 0 Å². The number of aryl methyl sites for hydroxylation is 1. The lowest BCUT2D eigenvalue weighted by molar-refractivity contribution is -0.577. The summed E-state index contributed by atoms with van der Waals surface area (Å²) in [6.07, 6.45) is 7.60. The molecule has 1 amide bonds. The fourth-order valence-corrected chi connectivity index (χ4v) is 2.81. The van der Waals surface area contributed by atoms with Crippen LogP contribution in [-0.4, -0.2) is 18.4 Å². The summed E-state index contributed by atoms with van der Waals surface area (Å²) in [4.78, 5) is 11.5. The Morgan fingerprint density at radius 1 is 1.38 bits per heavy atom. The van der Waals surface area contributed by atoms with Gasteiger partial charge in [0, 0.05) is 11.6 Å². The second-order valence-electron chi connectivity index (χ2n) is 3.20. The van der Waals surface area contributed by atoms with Crippen molar-refractivity contribution in [3.63, 3.8) is 0 Å². The van der Waals surface area contributed by atoms with Gasteiger partial charge in [-0.15, -0.1) is 23.5 Å². The number of hydrogen-bond acceptors (Lipinski definition) is 3.